The minimum absolute atomic E-state index is 0.0666. The Balaban J connectivity index is 0.000000362. The monoisotopic (exact) mass is 284 g/mol. The van der Waals surface area contributed by atoms with E-state index in [0.717, 1.165) is 5.56 Å². The Kier molecular flexibility index (Phi) is 6.70. The van der Waals surface area contributed by atoms with Crippen LogP contribution in [0.25, 0.3) is 0 Å². The summed E-state index contributed by atoms with van der Waals surface area (Å²) in [7, 11) is -4.02. The SMILES string of the molecule is CC(C)(C)NCC#N.Cc1ccc(S(=O)(=O)O)cc1. The van der Waals surface area contributed by atoms with E-state index < -0.39 is 10.1 Å². The minimum atomic E-state index is -4.02. The summed E-state index contributed by atoms with van der Waals surface area (Å²) in [5.41, 5.74) is 1.04. The molecule has 0 aliphatic carbocycles. The van der Waals surface area contributed by atoms with Crippen molar-refractivity contribution in [2.75, 3.05) is 6.54 Å². The summed E-state index contributed by atoms with van der Waals surface area (Å²) < 4.78 is 29.6. The van der Waals surface area contributed by atoms with Crippen LogP contribution in [-0.2, 0) is 10.1 Å². The van der Waals surface area contributed by atoms with Gasteiger partial charge in [0.25, 0.3) is 10.1 Å². The van der Waals surface area contributed by atoms with Gasteiger partial charge in [0.1, 0.15) is 0 Å². The summed E-state index contributed by atoms with van der Waals surface area (Å²) in [6, 6.07) is 8.00. The van der Waals surface area contributed by atoms with Gasteiger partial charge in [0.2, 0.25) is 0 Å². The fraction of sp³-hybridized carbons (Fsp3) is 0.462. The van der Waals surface area contributed by atoms with Crippen LogP contribution in [-0.4, -0.2) is 25.1 Å². The first kappa shape index (κ1) is 17.6. The summed E-state index contributed by atoms with van der Waals surface area (Å²) in [6.45, 7) is 8.37. The molecule has 0 spiro atoms. The maximum atomic E-state index is 10.5. The lowest BCUT2D eigenvalue weighted by Gasteiger charge is -2.17. The Bertz CT molecular complexity index is 522. The first-order valence-corrected chi connectivity index (χ1v) is 7.16. The Labute approximate surface area is 115 Å². The largest absolute Gasteiger partial charge is 0.300 e. The summed E-state index contributed by atoms with van der Waals surface area (Å²) in [5, 5.41) is 11.1. The molecule has 0 aliphatic heterocycles. The average molecular weight is 284 g/mol. The molecule has 0 unspecified atom stereocenters. The predicted molar refractivity (Wildman–Crippen MR) is 74.4 cm³/mol. The molecule has 0 radical (unpaired) electrons. The zero-order valence-corrected chi connectivity index (χ0v) is 12.5. The second-order valence-electron chi connectivity index (χ2n) is 5.05. The Morgan fingerprint density at radius 3 is 2.00 bits per heavy atom. The molecule has 0 heterocycles. The third-order valence-electron chi connectivity index (χ3n) is 2.02. The normalized spacial score (nSPS) is 11.2. The van der Waals surface area contributed by atoms with Crippen LogP contribution >= 0.6 is 0 Å². The molecule has 0 aromatic heterocycles. The number of benzene rings is 1. The molecule has 0 bridgehead atoms. The zero-order valence-electron chi connectivity index (χ0n) is 11.6. The molecule has 1 aromatic carbocycles. The number of nitriles is 1. The van der Waals surface area contributed by atoms with Crippen LogP contribution in [0.5, 0.6) is 0 Å². The van der Waals surface area contributed by atoms with Crippen LogP contribution in [0.4, 0.5) is 0 Å². The third kappa shape index (κ3) is 9.19. The highest BCUT2D eigenvalue weighted by atomic mass is 32.2. The quantitative estimate of drug-likeness (QED) is 0.641. The van der Waals surface area contributed by atoms with Crippen LogP contribution in [0.2, 0.25) is 0 Å². The summed E-state index contributed by atoms with van der Waals surface area (Å²) >= 11 is 0. The van der Waals surface area contributed by atoms with E-state index in [1.54, 1.807) is 12.1 Å². The van der Waals surface area contributed by atoms with Gasteiger partial charge in [-0.1, -0.05) is 17.7 Å². The Hall–Kier alpha value is -1.42. The third-order valence-corrected chi connectivity index (χ3v) is 2.88. The van der Waals surface area contributed by atoms with Crippen molar-refractivity contribution in [1.29, 1.82) is 5.26 Å². The maximum Gasteiger partial charge on any atom is 0.294 e. The van der Waals surface area contributed by atoms with Crippen LogP contribution in [0.1, 0.15) is 26.3 Å². The van der Waals surface area contributed by atoms with Gasteiger partial charge in [0, 0.05) is 5.54 Å². The molecule has 6 heteroatoms. The molecule has 106 valence electrons. The highest BCUT2D eigenvalue weighted by Gasteiger charge is 2.07. The summed E-state index contributed by atoms with van der Waals surface area (Å²) in [6.07, 6.45) is 0. The predicted octanol–water partition coefficient (Wildman–Crippen LogP) is 2.14. The second-order valence-corrected chi connectivity index (χ2v) is 6.47. The van der Waals surface area contributed by atoms with Gasteiger partial charge in [-0.2, -0.15) is 13.7 Å². The molecule has 19 heavy (non-hydrogen) atoms. The molecule has 0 aliphatic rings. The summed E-state index contributed by atoms with van der Waals surface area (Å²) in [4.78, 5) is -0.0666. The van der Waals surface area contributed by atoms with E-state index in [2.05, 4.69) is 5.32 Å². The number of nitrogens with one attached hydrogen (secondary N) is 1. The van der Waals surface area contributed by atoms with Crippen molar-refractivity contribution in [2.24, 2.45) is 0 Å². The number of aryl methyl sites for hydroxylation is 1. The molecule has 1 rings (SSSR count). The second kappa shape index (κ2) is 7.24. The number of hydrogen-bond donors (Lipinski definition) is 2. The highest BCUT2D eigenvalue weighted by molar-refractivity contribution is 7.85. The van der Waals surface area contributed by atoms with Gasteiger partial charge in [0.05, 0.1) is 17.5 Å². The van der Waals surface area contributed by atoms with Crippen LogP contribution < -0.4 is 5.32 Å². The van der Waals surface area contributed by atoms with Crippen molar-refractivity contribution >= 4 is 10.1 Å². The molecule has 0 atom stereocenters. The van der Waals surface area contributed by atoms with Crippen molar-refractivity contribution in [3.8, 4) is 6.07 Å². The molecular formula is C13H20N2O3S. The Morgan fingerprint density at radius 1 is 1.26 bits per heavy atom. The number of hydrogen-bond acceptors (Lipinski definition) is 4. The molecule has 0 saturated carbocycles. The van der Waals surface area contributed by atoms with E-state index in [1.807, 2.05) is 33.8 Å². The fourth-order valence-electron chi connectivity index (χ4n) is 1.01. The molecule has 1 aromatic rings. The minimum Gasteiger partial charge on any atom is -0.300 e. The topological polar surface area (TPSA) is 90.2 Å². The van der Waals surface area contributed by atoms with E-state index >= 15 is 0 Å². The van der Waals surface area contributed by atoms with Gasteiger partial charge in [-0.15, -0.1) is 0 Å². The first-order valence-electron chi connectivity index (χ1n) is 5.72. The first-order chi connectivity index (χ1) is 8.56. The maximum absolute atomic E-state index is 10.5. The number of rotatable bonds is 2. The van der Waals surface area contributed by atoms with E-state index in [0.29, 0.717) is 6.54 Å². The van der Waals surface area contributed by atoms with Crippen molar-refractivity contribution in [3.63, 3.8) is 0 Å². The lowest BCUT2D eigenvalue weighted by molar-refractivity contribution is 0.451. The van der Waals surface area contributed by atoms with Gasteiger partial charge in [0.15, 0.2) is 0 Å². The molecule has 0 saturated heterocycles. The fourth-order valence-corrected chi connectivity index (χ4v) is 1.49. The standard InChI is InChI=1S/C7H8O3S.C6H12N2/c1-6-2-4-7(5-3-6)11(8,9)10;1-6(2,3)8-5-4-7/h2-5H,1H3,(H,8,9,10);8H,5H2,1-3H3. The highest BCUT2D eigenvalue weighted by Crippen LogP contribution is 2.08. The van der Waals surface area contributed by atoms with Crippen LogP contribution in [0, 0.1) is 18.3 Å². The lowest BCUT2D eigenvalue weighted by atomic mass is 10.1. The summed E-state index contributed by atoms with van der Waals surface area (Å²) in [5.74, 6) is 0. The smallest absolute Gasteiger partial charge is 0.294 e. The van der Waals surface area contributed by atoms with Gasteiger partial charge < -0.3 is 0 Å². The van der Waals surface area contributed by atoms with E-state index in [9.17, 15) is 8.42 Å². The molecule has 0 amide bonds. The Morgan fingerprint density at radius 2 is 1.74 bits per heavy atom. The van der Waals surface area contributed by atoms with Gasteiger partial charge in [-0.3, -0.25) is 9.87 Å². The van der Waals surface area contributed by atoms with Crippen LogP contribution in [0.15, 0.2) is 29.2 Å². The molecule has 0 fully saturated rings. The average Bonchev–Trinajstić information content (AvgIpc) is 2.25. The van der Waals surface area contributed by atoms with Crippen LogP contribution in [0.3, 0.4) is 0 Å². The van der Waals surface area contributed by atoms with Gasteiger partial charge in [-0.05, 0) is 39.8 Å². The van der Waals surface area contributed by atoms with Gasteiger partial charge >= 0.3 is 0 Å². The van der Waals surface area contributed by atoms with Crippen molar-refractivity contribution in [3.05, 3.63) is 29.8 Å². The zero-order chi connectivity index (χ0) is 15.1. The lowest BCUT2D eigenvalue weighted by Crippen LogP contribution is -2.35. The van der Waals surface area contributed by atoms with E-state index in [-0.39, 0.29) is 10.4 Å². The molecule has 2 N–H and O–H groups in total. The number of nitrogens with zero attached hydrogens (tertiary/aromatic N) is 1. The molecular weight excluding hydrogens is 264 g/mol. The van der Waals surface area contributed by atoms with Crippen molar-refractivity contribution < 1.29 is 13.0 Å². The van der Waals surface area contributed by atoms with E-state index in [4.69, 9.17) is 9.81 Å². The van der Waals surface area contributed by atoms with Crippen molar-refractivity contribution in [1.82, 2.24) is 5.32 Å². The van der Waals surface area contributed by atoms with E-state index in [1.165, 1.54) is 12.1 Å². The molecule has 5 nitrogen and oxygen atoms in total. The van der Waals surface area contributed by atoms with Crippen molar-refractivity contribution in [2.45, 2.75) is 38.1 Å². The van der Waals surface area contributed by atoms with Gasteiger partial charge in [-0.25, -0.2) is 0 Å².